The van der Waals surface area contributed by atoms with Gasteiger partial charge in [0.05, 0.1) is 5.69 Å². The van der Waals surface area contributed by atoms with Crippen LogP contribution in [0.2, 0.25) is 0 Å². The number of alkyl halides is 2. The predicted molar refractivity (Wildman–Crippen MR) is 101 cm³/mol. The summed E-state index contributed by atoms with van der Waals surface area (Å²) in [7, 11) is 0. The fourth-order valence-corrected chi connectivity index (χ4v) is 2.51. The summed E-state index contributed by atoms with van der Waals surface area (Å²) in [6.45, 7) is 3.46. The van der Waals surface area contributed by atoms with Crippen LogP contribution in [0.3, 0.4) is 0 Å². The molecule has 0 atom stereocenters. The Morgan fingerprint density at radius 3 is 2.29 bits per heavy atom. The minimum absolute atomic E-state index is 0.00666. The molecular weight excluding hydrogens is 366 g/mol. The van der Waals surface area contributed by atoms with Gasteiger partial charge in [0.1, 0.15) is 12.1 Å². The van der Waals surface area contributed by atoms with E-state index in [-0.39, 0.29) is 17.0 Å². The van der Waals surface area contributed by atoms with Crippen LogP contribution in [0.15, 0.2) is 54.9 Å². The maximum atomic E-state index is 12.4. The molecule has 1 amide bonds. The van der Waals surface area contributed by atoms with Gasteiger partial charge in [-0.25, -0.2) is 9.67 Å². The van der Waals surface area contributed by atoms with Crippen molar-refractivity contribution in [1.29, 1.82) is 0 Å². The number of carbonyl (C=O) groups excluding carboxylic acids is 1. The molecule has 0 bridgehead atoms. The SMILES string of the molecule is CC(C)(C)c1ccc(NC(=O)c2ncn(-c3ccc(OC(F)F)cc3)n2)cc1. The Hall–Kier alpha value is -3.29. The van der Waals surface area contributed by atoms with Crippen molar-refractivity contribution in [2.24, 2.45) is 0 Å². The standard InChI is InChI=1S/C20H20F2N4O2/c1-20(2,3)13-4-6-14(7-5-13)24-18(27)17-23-12-26(25-17)15-8-10-16(11-9-15)28-19(21)22/h4-12,19H,1-3H3,(H,24,27). The zero-order chi connectivity index (χ0) is 20.3. The van der Waals surface area contributed by atoms with E-state index in [2.05, 4.69) is 40.9 Å². The summed E-state index contributed by atoms with van der Waals surface area (Å²) in [5, 5.41) is 6.88. The molecule has 0 saturated heterocycles. The maximum absolute atomic E-state index is 12.4. The molecule has 0 aliphatic heterocycles. The van der Waals surface area contributed by atoms with E-state index in [1.807, 2.05) is 24.3 Å². The molecule has 0 saturated carbocycles. The first kappa shape index (κ1) is 19.5. The van der Waals surface area contributed by atoms with E-state index in [4.69, 9.17) is 0 Å². The van der Waals surface area contributed by atoms with E-state index in [1.165, 1.54) is 23.1 Å². The van der Waals surface area contributed by atoms with Crippen molar-refractivity contribution in [3.05, 3.63) is 66.2 Å². The van der Waals surface area contributed by atoms with Gasteiger partial charge < -0.3 is 10.1 Å². The van der Waals surface area contributed by atoms with Gasteiger partial charge in [-0.15, -0.1) is 5.10 Å². The summed E-state index contributed by atoms with van der Waals surface area (Å²) in [6, 6.07) is 13.4. The summed E-state index contributed by atoms with van der Waals surface area (Å²) in [6.07, 6.45) is 1.38. The molecule has 0 radical (unpaired) electrons. The quantitative estimate of drug-likeness (QED) is 0.705. The molecule has 2 aromatic carbocycles. The smallest absolute Gasteiger partial charge is 0.387 e. The van der Waals surface area contributed by atoms with E-state index >= 15 is 0 Å². The number of ether oxygens (including phenoxy) is 1. The lowest BCUT2D eigenvalue weighted by Crippen LogP contribution is -2.15. The van der Waals surface area contributed by atoms with Gasteiger partial charge in [-0.2, -0.15) is 8.78 Å². The third kappa shape index (κ3) is 4.70. The lowest BCUT2D eigenvalue weighted by Gasteiger charge is -2.19. The molecule has 6 nitrogen and oxygen atoms in total. The van der Waals surface area contributed by atoms with E-state index in [9.17, 15) is 13.6 Å². The van der Waals surface area contributed by atoms with E-state index in [1.54, 1.807) is 12.1 Å². The van der Waals surface area contributed by atoms with Crippen LogP contribution in [0.25, 0.3) is 5.69 Å². The number of nitrogens with zero attached hydrogens (tertiary/aromatic N) is 3. The molecule has 1 N–H and O–H groups in total. The van der Waals surface area contributed by atoms with Crippen LogP contribution in [0.5, 0.6) is 5.75 Å². The molecule has 0 aliphatic rings. The van der Waals surface area contributed by atoms with Gasteiger partial charge in [-0.05, 0) is 47.4 Å². The van der Waals surface area contributed by atoms with E-state index in [0.717, 1.165) is 5.56 Å². The molecule has 3 aromatic rings. The van der Waals surface area contributed by atoms with Crippen LogP contribution in [-0.2, 0) is 5.41 Å². The minimum atomic E-state index is -2.88. The van der Waals surface area contributed by atoms with Crippen LogP contribution in [0.4, 0.5) is 14.5 Å². The molecule has 3 rings (SSSR count). The number of aromatic nitrogens is 3. The third-order valence-corrected chi connectivity index (χ3v) is 4.03. The first-order valence-electron chi connectivity index (χ1n) is 8.61. The molecule has 0 fully saturated rings. The number of halogens is 2. The molecule has 28 heavy (non-hydrogen) atoms. The van der Waals surface area contributed by atoms with Crippen molar-refractivity contribution in [2.45, 2.75) is 32.8 Å². The Kier molecular flexibility index (Phi) is 5.39. The van der Waals surface area contributed by atoms with Gasteiger partial charge >= 0.3 is 6.61 Å². The van der Waals surface area contributed by atoms with Crippen LogP contribution < -0.4 is 10.1 Å². The predicted octanol–water partition coefficient (Wildman–Crippen LogP) is 4.42. The summed E-state index contributed by atoms with van der Waals surface area (Å²) in [5.74, 6) is -0.414. The van der Waals surface area contributed by atoms with Crippen LogP contribution in [-0.4, -0.2) is 27.3 Å². The minimum Gasteiger partial charge on any atom is -0.435 e. The fraction of sp³-hybridized carbons (Fsp3) is 0.250. The second-order valence-electron chi connectivity index (χ2n) is 7.17. The number of anilines is 1. The topological polar surface area (TPSA) is 69.0 Å². The Balaban J connectivity index is 1.68. The molecule has 0 unspecified atom stereocenters. The average molecular weight is 386 g/mol. The van der Waals surface area contributed by atoms with Crippen LogP contribution in [0.1, 0.15) is 37.0 Å². The summed E-state index contributed by atoms with van der Waals surface area (Å²) < 4.78 is 30.1. The number of nitrogens with one attached hydrogen (secondary N) is 1. The van der Waals surface area contributed by atoms with Crippen LogP contribution in [0, 0.1) is 0 Å². The number of hydrogen-bond donors (Lipinski definition) is 1. The van der Waals surface area contributed by atoms with Gasteiger partial charge in [0, 0.05) is 5.69 Å². The second kappa shape index (κ2) is 7.75. The zero-order valence-corrected chi connectivity index (χ0v) is 15.7. The van der Waals surface area contributed by atoms with Crippen molar-refractivity contribution >= 4 is 11.6 Å². The van der Waals surface area contributed by atoms with Crippen molar-refractivity contribution in [3.8, 4) is 11.4 Å². The van der Waals surface area contributed by atoms with Crippen molar-refractivity contribution in [2.75, 3.05) is 5.32 Å². The highest BCUT2D eigenvalue weighted by Gasteiger charge is 2.15. The van der Waals surface area contributed by atoms with Gasteiger partial charge in [0.25, 0.3) is 5.91 Å². The van der Waals surface area contributed by atoms with E-state index < -0.39 is 12.5 Å². The van der Waals surface area contributed by atoms with Gasteiger partial charge in [0.15, 0.2) is 0 Å². The molecule has 0 spiro atoms. The molecular formula is C20H20F2N4O2. The highest BCUT2D eigenvalue weighted by atomic mass is 19.3. The van der Waals surface area contributed by atoms with Gasteiger partial charge in [-0.3, -0.25) is 4.79 Å². The number of rotatable bonds is 5. The van der Waals surface area contributed by atoms with Crippen LogP contribution >= 0.6 is 0 Å². The Bertz CT molecular complexity index is 946. The molecule has 0 aliphatic carbocycles. The largest absolute Gasteiger partial charge is 0.435 e. The van der Waals surface area contributed by atoms with Gasteiger partial charge in [-0.1, -0.05) is 32.9 Å². The number of hydrogen-bond acceptors (Lipinski definition) is 4. The monoisotopic (exact) mass is 386 g/mol. The first-order valence-corrected chi connectivity index (χ1v) is 8.61. The Labute approximate surface area is 161 Å². The molecule has 8 heteroatoms. The molecule has 1 heterocycles. The molecule has 1 aromatic heterocycles. The lowest BCUT2D eigenvalue weighted by molar-refractivity contribution is -0.0498. The second-order valence-corrected chi connectivity index (χ2v) is 7.17. The summed E-state index contributed by atoms with van der Waals surface area (Å²) in [5.41, 5.74) is 2.39. The maximum Gasteiger partial charge on any atom is 0.387 e. The normalized spacial score (nSPS) is 11.5. The highest BCUT2D eigenvalue weighted by molar-refractivity contribution is 6.01. The van der Waals surface area contributed by atoms with Crippen molar-refractivity contribution in [3.63, 3.8) is 0 Å². The van der Waals surface area contributed by atoms with E-state index in [0.29, 0.717) is 11.4 Å². The average Bonchev–Trinajstić information content (AvgIpc) is 3.12. The fourth-order valence-electron chi connectivity index (χ4n) is 2.51. The number of amides is 1. The lowest BCUT2D eigenvalue weighted by atomic mass is 9.87. The van der Waals surface area contributed by atoms with Crippen molar-refractivity contribution < 1.29 is 18.3 Å². The first-order chi connectivity index (χ1) is 13.2. The highest BCUT2D eigenvalue weighted by Crippen LogP contribution is 2.23. The summed E-state index contributed by atoms with van der Waals surface area (Å²) >= 11 is 0. The molecule has 146 valence electrons. The van der Waals surface area contributed by atoms with Gasteiger partial charge in [0.2, 0.25) is 5.82 Å². The Morgan fingerprint density at radius 2 is 1.71 bits per heavy atom. The zero-order valence-electron chi connectivity index (χ0n) is 15.7. The summed E-state index contributed by atoms with van der Waals surface area (Å²) in [4.78, 5) is 16.4. The Morgan fingerprint density at radius 1 is 1.07 bits per heavy atom. The number of benzene rings is 2. The van der Waals surface area contributed by atoms with Crippen molar-refractivity contribution in [1.82, 2.24) is 14.8 Å². The third-order valence-electron chi connectivity index (χ3n) is 4.03. The number of carbonyl (C=O) groups is 1.